The maximum atomic E-state index is 12.5. The number of carbonyl (C=O) groups excluding carboxylic acids is 2. The quantitative estimate of drug-likeness (QED) is 0.578. The second kappa shape index (κ2) is 5.00. The molecule has 0 N–H and O–H groups in total. The minimum atomic E-state index is -3.21. The predicted molar refractivity (Wildman–Crippen MR) is 68.5 cm³/mol. The van der Waals surface area contributed by atoms with E-state index in [0.29, 0.717) is 31.5 Å². The van der Waals surface area contributed by atoms with Crippen LogP contribution in [0.4, 0.5) is 8.78 Å². The van der Waals surface area contributed by atoms with E-state index in [1.807, 2.05) is 0 Å². The molecule has 0 aromatic rings. The largest absolute Gasteiger partial charge is 0.463 e. The summed E-state index contributed by atoms with van der Waals surface area (Å²) in [6, 6.07) is 0. The Morgan fingerprint density at radius 2 is 1.86 bits per heavy atom. The molecule has 0 amide bonds. The Bertz CT molecular complexity index is 439. The van der Waals surface area contributed by atoms with Crippen LogP contribution in [-0.2, 0) is 19.1 Å². The molecule has 4 saturated carbocycles. The van der Waals surface area contributed by atoms with Gasteiger partial charge >= 0.3 is 12.1 Å². The lowest BCUT2D eigenvalue weighted by atomic mass is 9.49. The van der Waals surface area contributed by atoms with Crippen LogP contribution >= 0.6 is 0 Å². The van der Waals surface area contributed by atoms with Crippen molar-refractivity contribution in [3.63, 3.8) is 0 Å². The van der Waals surface area contributed by atoms with Gasteiger partial charge in [-0.15, -0.1) is 0 Å². The average molecular weight is 302 g/mol. The van der Waals surface area contributed by atoms with E-state index in [0.717, 1.165) is 19.3 Å². The molecule has 0 heterocycles. The second-order valence-electron chi connectivity index (χ2n) is 6.82. The number of ketones is 1. The molecule has 0 aromatic carbocycles. The lowest BCUT2D eigenvalue weighted by molar-refractivity contribution is -0.230. The molecule has 6 heteroatoms. The van der Waals surface area contributed by atoms with Gasteiger partial charge in [0.2, 0.25) is 0 Å². The van der Waals surface area contributed by atoms with Gasteiger partial charge in [-0.1, -0.05) is 0 Å². The van der Waals surface area contributed by atoms with Crippen molar-refractivity contribution in [2.75, 3.05) is 13.2 Å². The standard InChI is InChI=1S/C15H20F2O4/c1-14(16,17)21-3-2-20-13(19)15-6-9-4-10(7-15)12(18)11(5-9)8-15/h9-11H,2-8H2,1H3. The van der Waals surface area contributed by atoms with Gasteiger partial charge in [0.05, 0.1) is 12.0 Å². The molecule has 0 aliphatic heterocycles. The molecule has 118 valence electrons. The molecule has 0 radical (unpaired) electrons. The van der Waals surface area contributed by atoms with Gasteiger partial charge in [0, 0.05) is 18.8 Å². The molecule has 4 aliphatic rings. The number of Topliss-reactive ketones (excluding diaryl/α,β-unsaturated/α-hetero) is 1. The summed E-state index contributed by atoms with van der Waals surface area (Å²) in [5.41, 5.74) is -0.556. The van der Waals surface area contributed by atoms with Crippen molar-refractivity contribution in [2.45, 2.75) is 45.1 Å². The normalized spacial score (nSPS) is 37.9. The van der Waals surface area contributed by atoms with E-state index in [1.165, 1.54) is 0 Å². The summed E-state index contributed by atoms with van der Waals surface area (Å²) in [4.78, 5) is 24.4. The van der Waals surface area contributed by atoms with Crippen LogP contribution < -0.4 is 0 Å². The molecule has 4 bridgehead atoms. The fourth-order valence-electron chi connectivity index (χ4n) is 4.51. The van der Waals surface area contributed by atoms with E-state index in [2.05, 4.69) is 4.74 Å². The van der Waals surface area contributed by atoms with E-state index < -0.39 is 11.5 Å². The first-order valence-electron chi connectivity index (χ1n) is 7.52. The number of hydrogen-bond donors (Lipinski definition) is 0. The van der Waals surface area contributed by atoms with Crippen LogP contribution in [0.5, 0.6) is 0 Å². The molecule has 2 unspecified atom stereocenters. The van der Waals surface area contributed by atoms with E-state index in [1.54, 1.807) is 0 Å². The van der Waals surface area contributed by atoms with Crippen molar-refractivity contribution in [1.82, 2.24) is 0 Å². The molecule has 2 atom stereocenters. The minimum Gasteiger partial charge on any atom is -0.463 e. The van der Waals surface area contributed by atoms with Crippen molar-refractivity contribution in [1.29, 1.82) is 0 Å². The zero-order valence-corrected chi connectivity index (χ0v) is 12.1. The molecular formula is C15H20F2O4. The zero-order valence-electron chi connectivity index (χ0n) is 12.1. The van der Waals surface area contributed by atoms with Crippen molar-refractivity contribution < 1.29 is 27.8 Å². The minimum absolute atomic E-state index is 0.0000233. The molecule has 21 heavy (non-hydrogen) atoms. The number of ether oxygens (including phenoxy) is 2. The third-order valence-corrected chi connectivity index (χ3v) is 5.10. The van der Waals surface area contributed by atoms with Crippen LogP contribution in [0.25, 0.3) is 0 Å². The summed E-state index contributed by atoms with van der Waals surface area (Å²) in [6.45, 7) is 0.165. The monoisotopic (exact) mass is 302 g/mol. The first-order valence-corrected chi connectivity index (χ1v) is 7.52. The summed E-state index contributed by atoms with van der Waals surface area (Å²) in [6.07, 6.45) is 0.506. The topological polar surface area (TPSA) is 52.6 Å². The number of alkyl halides is 2. The highest BCUT2D eigenvalue weighted by Gasteiger charge is 2.58. The molecule has 4 fully saturated rings. The molecule has 0 saturated heterocycles. The SMILES string of the molecule is CC(F)(F)OCCOC(=O)C12CC3CC(C1)C(=O)C(C3)C2. The summed E-state index contributed by atoms with van der Waals surface area (Å²) >= 11 is 0. The van der Waals surface area contributed by atoms with Crippen molar-refractivity contribution in [3.8, 4) is 0 Å². The van der Waals surface area contributed by atoms with Gasteiger partial charge in [0.1, 0.15) is 12.4 Å². The van der Waals surface area contributed by atoms with Crippen molar-refractivity contribution >= 4 is 11.8 Å². The number of esters is 1. The van der Waals surface area contributed by atoms with E-state index in [-0.39, 0.29) is 31.0 Å². The number of halogens is 2. The van der Waals surface area contributed by atoms with Crippen LogP contribution in [0, 0.1) is 23.2 Å². The Labute approximate surface area is 122 Å². The number of hydrogen-bond acceptors (Lipinski definition) is 4. The van der Waals surface area contributed by atoms with Crippen LogP contribution in [0.3, 0.4) is 0 Å². The number of rotatable bonds is 5. The van der Waals surface area contributed by atoms with E-state index in [4.69, 9.17) is 4.74 Å². The Morgan fingerprint density at radius 1 is 1.24 bits per heavy atom. The molecule has 4 rings (SSSR count). The maximum Gasteiger partial charge on any atom is 0.353 e. The third-order valence-electron chi connectivity index (χ3n) is 5.10. The van der Waals surface area contributed by atoms with E-state index >= 15 is 0 Å². The molecule has 4 nitrogen and oxygen atoms in total. The van der Waals surface area contributed by atoms with Crippen LogP contribution in [0.15, 0.2) is 0 Å². The van der Waals surface area contributed by atoms with Gasteiger partial charge in [-0.2, -0.15) is 8.78 Å². The lowest BCUT2D eigenvalue weighted by Crippen LogP contribution is -2.55. The fourth-order valence-corrected chi connectivity index (χ4v) is 4.51. The molecule has 0 aromatic heterocycles. The van der Waals surface area contributed by atoms with Crippen LogP contribution in [0.2, 0.25) is 0 Å². The zero-order chi connectivity index (χ0) is 15.3. The summed E-state index contributed by atoms with van der Waals surface area (Å²) < 4.78 is 34.4. The third kappa shape index (κ3) is 2.82. The first kappa shape index (κ1) is 14.9. The first-order chi connectivity index (χ1) is 9.79. The van der Waals surface area contributed by atoms with Crippen molar-refractivity contribution in [3.05, 3.63) is 0 Å². The highest BCUT2D eigenvalue weighted by molar-refractivity contribution is 5.89. The van der Waals surface area contributed by atoms with Crippen LogP contribution in [-0.4, -0.2) is 31.1 Å². The molecule has 4 aliphatic carbocycles. The van der Waals surface area contributed by atoms with Gasteiger partial charge in [-0.05, 0) is 38.0 Å². The Balaban J connectivity index is 1.57. The molecular weight excluding hydrogens is 282 g/mol. The summed E-state index contributed by atoms with van der Waals surface area (Å²) in [7, 11) is 0. The Morgan fingerprint density at radius 3 is 2.43 bits per heavy atom. The van der Waals surface area contributed by atoms with Gasteiger partial charge in [0.25, 0.3) is 0 Å². The van der Waals surface area contributed by atoms with E-state index in [9.17, 15) is 18.4 Å². The van der Waals surface area contributed by atoms with Gasteiger partial charge in [-0.3, -0.25) is 9.59 Å². The maximum absolute atomic E-state index is 12.5. The number of carbonyl (C=O) groups is 2. The van der Waals surface area contributed by atoms with Crippen molar-refractivity contribution in [2.24, 2.45) is 23.2 Å². The average Bonchev–Trinajstić information content (AvgIpc) is 2.38. The Hall–Kier alpha value is -1.04. The molecule has 0 spiro atoms. The van der Waals surface area contributed by atoms with Gasteiger partial charge in [0.15, 0.2) is 0 Å². The lowest BCUT2D eigenvalue weighted by Gasteiger charge is -2.53. The fraction of sp³-hybridized carbons (Fsp3) is 0.867. The summed E-state index contributed by atoms with van der Waals surface area (Å²) in [5, 5.41) is 0. The van der Waals surface area contributed by atoms with Gasteiger partial charge < -0.3 is 9.47 Å². The highest BCUT2D eigenvalue weighted by atomic mass is 19.3. The summed E-state index contributed by atoms with van der Waals surface area (Å²) in [5.74, 6) is 0.407. The van der Waals surface area contributed by atoms with Crippen LogP contribution in [0.1, 0.15) is 39.0 Å². The predicted octanol–water partition coefficient (Wildman–Crippen LogP) is 2.55. The van der Waals surface area contributed by atoms with Gasteiger partial charge in [-0.25, -0.2) is 0 Å². The highest BCUT2D eigenvalue weighted by Crippen LogP contribution is 2.58. The second-order valence-corrected chi connectivity index (χ2v) is 6.82. The Kier molecular flexibility index (Phi) is 3.55. The smallest absolute Gasteiger partial charge is 0.353 e.